The quantitative estimate of drug-likeness (QED) is 0.563. The molecule has 2 saturated carbocycles. The molecule has 2 atom stereocenters. The molecule has 0 amide bonds. The Morgan fingerprint density at radius 2 is 1.88 bits per heavy atom. The normalized spacial score (nSPS) is 29.3. The number of oxime groups is 1. The van der Waals surface area contributed by atoms with Crippen LogP contribution in [0.5, 0.6) is 0 Å². The molecule has 0 N–H and O–H groups in total. The van der Waals surface area contributed by atoms with Gasteiger partial charge >= 0.3 is 5.97 Å². The molecule has 2 aliphatic rings. The van der Waals surface area contributed by atoms with Crippen LogP contribution in [-0.4, -0.2) is 11.7 Å². The third-order valence-corrected chi connectivity index (χ3v) is 6.76. The molecule has 0 aromatic heterocycles. The van der Waals surface area contributed by atoms with Crippen LogP contribution in [0.1, 0.15) is 50.4 Å². The zero-order valence-electron chi connectivity index (χ0n) is 14.5. The van der Waals surface area contributed by atoms with E-state index in [4.69, 9.17) is 4.84 Å². The van der Waals surface area contributed by atoms with Gasteiger partial charge in [0.2, 0.25) is 0 Å². The number of rotatable bonds is 2. The monoisotopic (exact) mass is 321 g/mol. The summed E-state index contributed by atoms with van der Waals surface area (Å²) in [5.74, 6) is 0.279. The molecule has 3 heteroatoms. The standard InChI is InChI=1S/C21H23NO2/c1-20(2)15-11-12-21(20,3)18(13-15)22-24-19(23)17-10-6-8-14-7-4-5-9-16(14)17/h4-10,15H,11-13H2,1-3H3/b22-18+. The highest BCUT2D eigenvalue weighted by atomic mass is 16.7. The van der Waals surface area contributed by atoms with Crippen LogP contribution < -0.4 is 0 Å². The van der Waals surface area contributed by atoms with Crippen molar-refractivity contribution in [2.45, 2.75) is 40.0 Å². The minimum absolute atomic E-state index is 0.0523. The summed E-state index contributed by atoms with van der Waals surface area (Å²) < 4.78 is 0. The highest BCUT2D eigenvalue weighted by molar-refractivity contribution is 6.04. The van der Waals surface area contributed by atoms with Crippen molar-refractivity contribution in [3.8, 4) is 0 Å². The first kappa shape index (κ1) is 15.4. The number of carbonyl (C=O) groups is 1. The van der Waals surface area contributed by atoms with E-state index in [2.05, 4.69) is 25.9 Å². The van der Waals surface area contributed by atoms with Gasteiger partial charge in [-0.2, -0.15) is 0 Å². The summed E-state index contributed by atoms with van der Waals surface area (Å²) in [6.45, 7) is 6.91. The van der Waals surface area contributed by atoms with Crippen molar-refractivity contribution in [1.82, 2.24) is 0 Å². The summed E-state index contributed by atoms with van der Waals surface area (Å²) >= 11 is 0. The summed E-state index contributed by atoms with van der Waals surface area (Å²) in [4.78, 5) is 17.9. The zero-order chi connectivity index (χ0) is 16.9. The SMILES string of the molecule is CC12CCC(C/C1=N\OC(=O)c1cccc3ccccc13)C2(C)C. The Balaban J connectivity index is 1.62. The van der Waals surface area contributed by atoms with E-state index in [9.17, 15) is 4.79 Å². The lowest BCUT2D eigenvalue weighted by atomic mass is 9.70. The van der Waals surface area contributed by atoms with Crippen LogP contribution in [0.2, 0.25) is 0 Å². The second-order valence-corrected chi connectivity index (χ2v) is 7.94. The molecule has 2 aliphatic carbocycles. The highest BCUT2D eigenvalue weighted by Gasteiger charge is 2.60. The maximum Gasteiger partial charge on any atom is 0.366 e. The van der Waals surface area contributed by atoms with E-state index in [0.717, 1.165) is 29.3 Å². The molecule has 4 rings (SSSR count). The molecule has 124 valence electrons. The number of benzene rings is 2. The minimum Gasteiger partial charge on any atom is -0.313 e. The van der Waals surface area contributed by atoms with Gasteiger partial charge in [-0.15, -0.1) is 0 Å². The Morgan fingerprint density at radius 3 is 2.58 bits per heavy atom. The first-order chi connectivity index (χ1) is 11.4. The number of fused-ring (bicyclic) bond motifs is 3. The van der Waals surface area contributed by atoms with Crippen molar-refractivity contribution in [2.75, 3.05) is 0 Å². The number of carbonyl (C=O) groups excluding carboxylic acids is 1. The number of hydrogen-bond donors (Lipinski definition) is 0. The largest absolute Gasteiger partial charge is 0.366 e. The Bertz CT molecular complexity index is 847. The maximum absolute atomic E-state index is 12.6. The van der Waals surface area contributed by atoms with Crippen LogP contribution >= 0.6 is 0 Å². The fourth-order valence-corrected chi connectivity index (χ4v) is 4.62. The molecule has 24 heavy (non-hydrogen) atoms. The predicted molar refractivity (Wildman–Crippen MR) is 96.0 cm³/mol. The molecule has 2 unspecified atom stereocenters. The second kappa shape index (κ2) is 5.17. The van der Waals surface area contributed by atoms with Crippen molar-refractivity contribution in [1.29, 1.82) is 0 Å². The average molecular weight is 321 g/mol. The van der Waals surface area contributed by atoms with E-state index in [1.54, 1.807) is 6.07 Å². The van der Waals surface area contributed by atoms with Crippen molar-refractivity contribution < 1.29 is 9.63 Å². The van der Waals surface area contributed by atoms with Gasteiger partial charge in [-0.05, 0) is 47.4 Å². The molecular weight excluding hydrogens is 298 g/mol. The molecule has 0 heterocycles. The van der Waals surface area contributed by atoms with Gasteiger partial charge in [0, 0.05) is 5.41 Å². The lowest BCUT2D eigenvalue weighted by Crippen LogP contribution is -2.32. The molecule has 2 fully saturated rings. The number of nitrogens with zero attached hydrogens (tertiary/aromatic N) is 1. The van der Waals surface area contributed by atoms with Gasteiger partial charge in [0.05, 0.1) is 11.3 Å². The average Bonchev–Trinajstić information content (AvgIpc) is 2.92. The molecule has 0 radical (unpaired) electrons. The zero-order valence-corrected chi connectivity index (χ0v) is 14.5. The van der Waals surface area contributed by atoms with Crippen LogP contribution in [-0.2, 0) is 4.84 Å². The fraction of sp³-hybridized carbons (Fsp3) is 0.429. The maximum atomic E-state index is 12.6. The molecule has 0 aliphatic heterocycles. The Kier molecular flexibility index (Phi) is 3.31. The van der Waals surface area contributed by atoms with E-state index >= 15 is 0 Å². The van der Waals surface area contributed by atoms with Gasteiger partial charge in [-0.1, -0.05) is 62.3 Å². The van der Waals surface area contributed by atoms with Crippen LogP contribution in [0.3, 0.4) is 0 Å². The summed E-state index contributed by atoms with van der Waals surface area (Å²) in [7, 11) is 0. The van der Waals surface area contributed by atoms with E-state index in [1.807, 2.05) is 36.4 Å². The summed E-state index contributed by atoms with van der Waals surface area (Å²) in [6.07, 6.45) is 3.33. The smallest absolute Gasteiger partial charge is 0.313 e. The van der Waals surface area contributed by atoms with E-state index in [0.29, 0.717) is 11.5 Å². The minimum atomic E-state index is -0.372. The molecular formula is C21H23NO2. The van der Waals surface area contributed by atoms with Crippen LogP contribution in [0.4, 0.5) is 0 Å². The van der Waals surface area contributed by atoms with E-state index in [1.165, 1.54) is 6.42 Å². The first-order valence-corrected chi connectivity index (χ1v) is 8.70. The van der Waals surface area contributed by atoms with Crippen LogP contribution in [0.25, 0.3) is 10.8 Å². The first-order valence-electron chi connectivity index (χ1n) is 8.70. The lowest BCUT2D eigenvalue weighted by molar-refractivity contribution is 0.0510. The van der Waals surface area contributed by atoms with Gasteiger partial charge < -0.3 is 4.84 Å². The summed E-state index contributed by atoms with van der Waals surface area (Å²) in [6, 6.07) is 13.5. The van der Waals surface area contributed by atoms with Crippen molar-refractivity contribution in [2.24, 2.45) is 21.9 Å². The molecule has 3 nitrogen and oxygen atoms in total. The molecule has 2 bridgehead atoms. The highest BCUT2D eigenvalue weighted by Crippen LogP contribution is 2.64. The Hall–Kier alpha value is -2.16. The van der Waals surface area contributed by atoms with Crippen molar-refractivity contribution in [3.63, 3.8) is 0 Å². The fourth-order valence-electron chi connectivity index (χ4n) is 4.62. The van der Waals surface area contributed by atoms with Gasteiger partial charge in [0.1, 0.15) is 0 Å². The van der Waals surface area contributed by atoms with Gasteiger partial charge in [0.25, 0.3) is 0 Å². The van der Waals surface area contributed by atoms with Gasteiger partial charge in [-0.25, -0.2) is 4.79 Å². The van der Waals surface area contributed by atoms with E-state index in [-0.39, 0.29) is 16.8 Å². The van der Waals surface area contributed by atoms with Gasteiger partial charge in [-0.3, -0.25) is 0 Å². The summed E-state index contributed by atoms with van der Waals surface area (Å²) in [5.41, 5.74) is 1.91. The second-order valence-electron chi connectivity index (χ2n) is 7.94. The molecule has 2 aromatic carbocycles. The molecule has 2 aromatic rings. The van der Waals surface area contributed by atoms with Crippen molar-refractivity contribution >= 4 is 22.5 Å². The Labute approximate surface area is 142 Å². The Morgan fingerprint density at radius 1 is 1.12 bits per heavy atom. The third-order valence-electron chi connectivity index (χ3n) is 6.76. The molecule has 0 saturated heterocycles. The van der Waals surface area contributed by atoms with Crippen LogP contribution in [0, 0.1) is 16.7 Å². The van der Waals surface area contributed by atoms with Crippen molar-refractivity contribution in [3.05, 3.63) is 48.0 Å². The molecule has 0 spiro atoms. The number of hydrogen-bond acceptors (Lipinski definition) is 3. The lowest BCUT2D eigenvalue weighted by Gasteiger charge is -2.34. The predicted octanol–water partition coefficient (Wildman–Crippen LogP) is 5.20. The van der Waals surface area contributed by atoms with Crippen LogP contribution in [0.15, 0.2) is 47.6 Å². The van der Waals surface area contributed by atoms with E-state index < -0.39 is 0 Å². The summed E-state index contributed by atoms with van der Waals surface area (Å²) in [5, 5.41) is 6.27. The third kappa shape index (κ3) is 2.03. The van der Waals surface area contributed by atoms with Gasteiger partial charge in [0.15, 0.2) is 0 Å². The topological polar surface area (TPSA) is 38.7 Å².